The average Bonchev–Trinajstić information content (AvgIpc) is 2.38. The van der Waals surface area contributed by atoms with Crippen molar-refractivity contribution < 1.29 is 4.79 Å². The van der Waals surface area contributed by atoms with Crippen molar-refractivity contribution in [2.75, 3.05) is 5.75 Å². The number of thioether (sulfide) groups is 1. The fourth-order valence-electron chi connectivity index (χ4n) is 1.75. The highest BCUT2D eigenvalue weighted by atomic mass is 32.2. The third-order valence-electron chi connectivity index (χ3n) is 2.57. The number of allylic oxidation sites excluding steroid dienone is 1. The smallest absolute Gasteiger partial charge is 0.185 e. The summed E-state index contributed by atoms with van der Waals surface area (Å²) >= 11 is 1.37. The maximum absolute atomic E-state index is 10.8. The Labute approximate surface area is 111 Å². The predicted octanol–water partition coefficient (Wildman–Crippen LogP) is 3.92. The summed E-state index contributed by atoms with van der Waals surface area (Å²) in [5, 5.41) is 1.34. The molecule has 92 valence electrons. The van der Waals surface area contributed by atoms with Crippen LogP contribution in [0.15, 0.2) is 42.6 Å². The second kappa shape index (κ2) is 6.36. The topological polar surface area (TPSA) is 30.0 Å². The maximum Gasteiger partial charge on any atom is 0.185 e. The Balaban J connectivity index is 2.07. The molecule has 0 radical (unpaired) electrons. The van der Waals surface area contributed by atoms with E-state index in [9.17, 15) is 4.79 Å². The Morgan fingerprint density at radius 1 is 1.33 bits per heavy atom. The SMILES string of the molecule is CC(=O)SCCC=Cc1cccc2ncccc12. The van der Waals surface area contributed by atoms with E-state index in [0.717, 1.165) is 23.1 Å². The van der Waals surface area contributed by atoms with Gasteiger partial charge in [-0.2, -0.15) is 0 Å². The lowest BCUT2D eigenvalue weighted by atomic mass is 10.1. The number of carbonyl (C=O) groups excluding carboxylic acids is 1. The molecule has 0 N–H and O–H groups in total. The molecular weight excluding hydrogens is 242 g/mol. The molecule has 0 unspecified atom stereocenters. The van der Waals surface area contributed by atoms with Gasteiger partial charge >= 0.3 is 0 Å². The van der Waals surface area contributed by atoms with Crippen molar-refractivity contribution in [3.8, 4) is 0 Å². The lowest BCUT2D eigenvalue weighted by Gasteiger charge is -2.00. The molecule has 0 saturated heterocycles. The highest BCUT2D eigenvalue weighted by molar-refractivity contribution is 8.13. The Morgan fingerprint density at radius 2 is 2.22 bits per heavy atom. The molecule has 3 heteroatoms. The molecule has 0 atom stereocenters. The van der Waals surface area contributed by atoms with Crippen molar-refractivity contribution in [1.82, 2.24) is 4.98 Å². The molecule has 1 aromatic heterocycles. The Bertz CT molecular complexity index is 572. The van der Waals surface area contributed by atoms with Crippen LogP contribution in [0.4, 0.5) is 0 Å². The van der Waals surface area contributed by atoms with E-state index in [1.54, 1.807) is 13.1 Å². The minimum Gasteiger partial charge on any atom is -0.288 e. The van der Waals surface area contributed by atoms with Crippen molar-refractivity contribution in [2.45, 2.75) is 13.3 Å². The summed E-state index contributed by atoms with van der Waals surface area (Å²) in [6.45, 7) is 1.60. The van der Waals surface area contributed by atoms with E-state index in [0.29, 0.717) is 0 Å². The number of nitrogens with zero attached hydrogens (tertiary/aromatic N) is 1. The Hall–Kier alpha value is -1.61. The van der Waals surface area contributed by atoms with Gasteiger partial charge in [0.2, 0.25) is 0 Å². The third kappa shape index (κ3) is 3.44. The number of hydrogen-bond donors (Lipinski definition) is 0. The zero-order chi connectivity index (χ0) is 12.8. The van der Waals surface area contributed by atoms with E-state index in [2.05, 4.69) is 29.3 Å². The first-order valence-corrected chi connectivity index (χ1v) is 6.89. The van der Waals surface area contributed by atoms with E-state index in [1.165, 1.54) is 17.3 Å². The fraction of sp³-hybridized carbons (Fsp3) is 0.200. The van der Waals surface area contributed by atoms with E-state index in [1.807, 2.05) is 18.2 Å². The van der Waals surface area contributed by atoms with Gasteiger partial charge in [-0.3, -0.25) is 9.78 Å². The van der Waals surface area contributed by atoms with Crippen molar-refractivity contribution >= 4 is 33.9 Å². The summed E-state index contributed by atoms with van der Waals surface area (Å²) in [6.07, 6.45) is 6.92. The monoisotopic (exact) mass is 257 g/mol. The van der Waals surface area contributed by atoms with Crippen LogP contribution in [0.3, 0.4) is 0 Å². The third-order valence-corrected chi connectivity index (χ3v) is 3.41. The van der Waals surface area contributed by atoms with E-state index in [-0.39, 0.29) is 5.12 Å². The molecule has 18 heavy (non-hydrogen) atoms. The fourth-order valence-corrected chi connectivity index (χ4v) is 2.29. The highest BCUT2D eigenvalue weighted by Gasteiger charge is 1.97. The van der Waals surface area contributed by atoms with Crippen LogP contribution >= 0.6 is 11.8 Å². The maximum atomic E-state index is 10.8. The summed E-state index contributed by atoms with van der Waals surface area (Å²) in [5.74, 6) is 0.842. The van der Waals surface area contributed by atoms with Crippen LogP contribution < -0.4 is 0 Å². The van der Waals surface area contributed by atoms with Crippen LogP contribution in [-0.4, -0.2) is 15.9 Å². The van der Waals surface area contributed by atoms with Crippen LogP contribution in [0.1, 0.15) is 18.9 Å². The van der Waals surface area contributed by atoms with Gasteiger partial charge in [-0.05, 0) is 24.1 Å². The van der Waals surface area contributed by atoms with Gasteiger partial charge in [0.05, 0.1) is 5.52 Å². The first-order valence-electron chi connectivity index (χ1n) is 5.91. The number of aromatic nitrogens is 1. The second-order valence-corrected chi connectivity index (χ2v) is 5.22. The molecular formula is C15H15NOS. The summed E-state index contributed by atoms with van der Waals surface area (Å²) < 4.78 is 0. The molecule has 1 aromatic carbocycles. The van der Waals surface area contributed by atoms with E-state index < -0.39 is 0 Å². The summed E-state index contributed by atoms with van der Waals surface area (Å²) in [6, 6.07) is 10.1. The molecule has 0 amide bonds. The van der Waals surface area contributed by atoms with Crippen molar-refractivity contribution in [3.05, 3.63) is 48.2 Å². The molecule has 0 aliphatic heterocycles. The lowest BCUT2D eigenvalue weighted by molar-refractivity contribution is -0.109. The number of fused-ring (bicyclic) bond motifs is 1. The van der Waals surface area contributed by atoms with Gasteiger partial charge in [0, 0.05) is 24.3 Å². The number of benzene rings is 1. The summed E-state index contributed by atoms with van der Waals surface area (Å²) in [7, 11) is 0. The lowest BCUT2D eigenvalue weighted by Crippen LogP contribution is -1.84. The number of pyridine rings is 1. The van der Waals surface area contributed by atoms with E-state index in [4.69, 9.17) is 0 Å². The molecule has 0 spiro atoms. The second-order valence-electron chi connectivity index (χ2n) is 3.95. The van der Waals surface area contributed by atoms with Crippen LogP contribution in [0.5, 0.6) is 0 Å². The van der Waals surface area contributed by atoms with Crippen LogP contribution in [0, 0.1) is 0 Å². The van der Waals surface area contributed by atoms with Gasteiger partial charge in [-0.25, -0.2) is 0 Å². The van der Waals surface area contributed by atoms with Gasteiger partial charge < -0.3 is 0 Å². The Morgan fingerprint density at radius 3 is 3.06 bits per heavy atom. The highest BCUT2D eigenvalue weighted by Crippen LogP contribution is 2.18. The molecule has 2 aromatic rings. The molecule has 0 bridgehead atoms. The quantitative estimate of drug-likeness (QED) is 0.778. The number of carbonyl (C=O) groups is 1. The molecule has 1 heterocycles. The minimum atomic E-state index is 0.178. The molecule has 0 saturated carbocycles. The number of hydrogen-bond acceptors (Lipinski definition) is 3. The average molecular weight is 257 g/mol. The van der Waals surface area contributed by atoms with Gasteiger partial charge in [-0.15, -0.1) is 0 Å². The molecule has 0 fully saturated rings. The first kappa shape index (κ1) is 12.8. The zero-order valence-electron chi connectivity index (χ0n) is 10.3. The van der Waals surface area contributed by atoms with Gasteiger partial charge in [0.25, 0.3) is 0 Å². The minimum absolute atomic E-state index is 0.178. The van der Waals surface area contributed by atoms with Crippen molar-refractivity contribution in [3.63, 3.8) is 0 Å². The first-order chi connectivity index (χ1) is 8.77. The predicted molar refractivity (Wildman–Crippen MR) is 78.5 cm³/mol. The summed E-state index contributed by atoms with van der Waals surface area (Å²) in [5.41, 5.74) is 2.19. The van der Waals surface area contributed by atoms with Gasteiger partial charge in [-0.1, -0.05) is 42.1 Å². The largest absolute Gasteiger partial charge is 0.288 e. The van der Waals surface area contributed by atoms with E-state index >= 15 is 0 Å². The standard InChI is InChI=1S/C15H15NOS/c1-12(17)18-11-3-2-6-13-7-4-9-15-14(13)8-5-10-16-15/h2,4-10H,3,11H2,1H3. The van der Waals surface area contributed by atoms with Crippen molar-refractivity contribution in [1.29, 1.82) is 0 Å². The van der Waals surface area contributed by atoms with Gasteiger partial charge in [0.15, 0.2) is 5.12 Å². The van der Waals surface area contributed by atoms with Crippen LogP contribution in [0.2, 0.25) is 0 Å². The van der Waals surface area contributed by atoms with Crippen LogP contribution in [-0.2, 0) is 4.79 Å². The number of rotatable bonds is 4. The molecule has 0 aliphatic carbocycles. The van der Waals surface area contributed by atoms with Gasteiger partial charge in [0.1, 0.15) is 0 Å². The zero-order valence-corrected chi connectivity index (χ0v) is 11.1. The molecule has 0 aliphatic rings. The summed E-state index contributed by atoms with van der Waals surface area (Å²) in [4.78, 5) is 15.1. The molecule has 2 nitrogen and oxygen atoms in total. The Kier molecular flexibility index (Phi) is 4.53. The van der Waals surface area contributed by atoms with Crippen LogP contribution in [0.25, 0.3) is 17.0 Å². The molecule has 2 rings (SSSR count). The van der Waals surface area contributed by atoms with Crippen molar-refractivity contribution in [2.24, 2.45) is 0 Å². The normalized spacial score (nSPS) is 11.2.